The lowest BCUT2D eigenvalue weighted by Crippen LogP contribution is -2.15. The summed E-state index contributed by atoms with van der Waals surface area (Å²) in [6.45, 7) is 6.22. The molecule has 0 amide bonds. The molecule has 2 aromatic carbocycles. The predicted molar refractivity (Wildman–Crippen MR) is 111 cm³/mol. The minimum absolute atomic E-state index is 0.588. The van der Waals surface area contributed by atoms with Gasteiger partial charge >= 0.3 is 0 Å². The molecule has 0 bridgehead atoms. The minimum Gasteiger partial charge on any atom is -0.486 e. The van der Waals surface area contributed by atoms with E-state index in [-0.39, 0.29) is 0 Å². The van der Waals surface area contributed by atoms with Gasteiger partial charge in [0, 0.05) is 22.3 Å². The van der Waals surface area contributed by atoms with Crippen molar-refractivity contribution >= 4 is 27.7 Å². The molecule has 0 saturated heterocycles. The van der Waals surface area contributed by atoms with Gasteiger partial charge in [-0.05, 0) is 37.1 Å². The Labute approximate surface area is 171 Å². The Morgan fingerprint density at radius 1 is 1.11 bits per heavy atom. The molecule has 1 aliphatic rings. The topological polar surface area (TPSA) is 49.2 Å². The SMILES string of the molecule is CCn1c(SCc2cc3c(cc2Br)OCCO3)nnc1-c1ccccc1C. The summed E-state index contributed by atoms with van der Waals surface area (Å²) in [5, 5.41) is 9.81. The fourth-order valence-corrected chi connectivity index (χ4v) is 4.70. The van der Waals surface area contributed by atoms with E-state index in [9.17, 15) is 0 Å². The van der Waals surface area contributed by atoms with Crippen LogP contribution in [0.15, 0.2) is 46.0 Å². The molecule has 0 atom stereocenters. The highest BCUT2D eigenvalue weighted by Crippen LogP contribution is 2.38. The van der Waals surface area contributed by atoms with E-state index in [0.717, 1.165) is 50.4 Å². The van der Waals surface area contributed by atoms with Crippen molar-refractivity contribution in [3.8, 4) is 22.9 Å². The lowest BCUT2D eigenvalue weighted by atomic mass is 10.1. The number of fused-ring (bicyclic) bond motifs is 1. The number of benzene rings is 2. The quantitative estimate of drug-likeness (QED) is 0.511. The van der Waals surface area contributed by atoms with E-state index in [2.05, 4.69) is 56.7 Å². The second-order valence-corrected chi connectivity index (χ2v) is 8.04. The molecule has 0 aliphatic carbocycles. The van der Waals surface area contributed by atoms with Crippen LogP contribution in [0.3, 0.4) is 0 Å². The van der Waals surface area contributed by atoms with Crippen molar-refractivity contribution in [3.63, 3.8) is 0 Å². The zero-order valence-electron chi connectivity index (χ0n) is 15.2. The number of hydrogen-bond acceptors (Lipinski definition) is 5. The molecule has 7 heteroatoms. The summed E-state index contributed by atoms with van der Waals surface area (Å²) < 4.78 is 14.5. The van der Waals surface area contributed by atoms with Gasteiger partial charge in [-0.15, -0.1) is 10.2 Å². The van der Waals surface area contributed by atoms with Crippen LogP contribution < -0.4 is 9.47 Å². The van der Waals surface area contributed by atoms with E-state index in [0.29, 0.717) is 13.2 Å². The number of halogens is 1. The van der Waals surface area contributed by atoms with Crippen molar-refractivity contribution in [3.05, 3.63) is 52.0 Å². The second-order valence-electron chi connectivity index (χ2n) is 6.24. The smallest absolute Gasteiger partial charge is 0.191 e. The van der Waals surface area contributed by atoms with E-state index in [1.165, 1.54) is 5.56 Å². The van der Waals surface area contributed by atoms with E-state index in [4.69, 9.17) is 9.47 Å². The fraction of sp³-hybridized carbons (Fsp3) is 0.300. The first-order valence-electron chi connectivity index (χ1n) is 8.87. The molecule has 0 N–H and O–H groups in total. The summed E-state index contributed by atoms with van der Waals surface area (Å²) in [5.74, 6) is 3.28. The van der Waals surface area contributed by atoms with Crippen LogP contribution in [-0.2, 0) is 12.3 Å². The van der Waals surface area contributed by atoms with Crippen molar-refractivity contribution in [1.82, 2.24) is 14.8 Å². The first kappa shape index (κ1) is 18.4. The first-order valence-corrected chi connectivity index (χ1v) is 10.6. The van der Waals surface area contributed by atoms with Crippen molar-refractivity contribution in [1.29, 1.82) is 0 Å². The van der Waals surface area contributed by atoms with Gasteiger partial charge in [-0.25, -0.2) is 0 Å². The van der Waals surface area contributed by atoms with E-state index in [1.807, 2.05) is 24.3 Å². The maximum absolute atomic E-state index is 5.70. The zero-order valence-corrected chi connectivity index (χ0v) is 17.6. The maximum atomic E-state index is 5.70. The van der Waals surface area contributed by atoms with Crippen LogP contribution in [-0.4, -0.2) is 28.0 Å². The molecule has 0 radical (unpaired) electrons. The molecule has 0 unspecified atom stereocenters. The van der Waals surface area contributed by atoms with Gasteiger partial charge in [-0.3, -0.25) is 0 Å². The lowest BCUT2D eigenvalue weighted by Gasteiger charge is -2.19. The molecule has 27 heavy (non-hydrogen) atoms. The third-order valence-corrected chi connectivity index (χ3v) is 6.24. The Hall–Kier alpha value is -1.99. The molecule has 3 aromatic rings. The van der Waals surface area contributed by atoms with Crippen molar-refractivity contribution in [2.24, 2.45) is 0 Å². The lowest BCUT2D eigenvalue weighted by molar-refractivity contribution is 0.171. The number of aryl methyl sites for hydroxylation is 1. The van der Waals surface area contributed by atoms with E-state index < -0.39 is 0 Å². The Bertz CT molecular complexity index is 974. The van der Waals surface area contributed by atoms with Gasteiger partial charge < -0.3 is 14.0 Å². The van der Waals surface area contributed by atoms with Crippen molar-refractivity contribution < 1.29 is 9.47 Å². The molecule has 0 fully saturated rings. The number of thioether (sulfide) groups is 1. The second kappa shape index (κ2) is 7.94. The third kappa shape index (κ3) is 3.71. The molecule has 0 saturated carbocycles. The van der Waals surface area contributed by atoms with Crippen molar-refractivity contribution in [2.45, 2.75) is 31.3 Å². The molecule has 1 aromatic heterocycles. The van der Waals surface area contributed by atoms with Gasteiger partial charge in [0.2, 0.25) is 0 Å². The van der Waals surface area contributed by atoms with Gasteiger partial charge in [0.25, 0.3) is 0 Å². The molecule has 140 valence electrons. The first-order chi connectivity index (χ1) is 13.2. The number of hydrogen-bond donors (Lipinski definition) is 0. The van der Waals surface area contributed by atoms with Gasteiger partial charge in [-0.1, -0.05) is 52.0 Å². The summed E-state index contributed by atoms with van der Waals surface area (Å²) in [7, 11) is 0. The van der Waals surface area contributed by atoms with Crippen LogP contribution in [0.4, 0.5) is 0 Å². The Kier molecular flexibility index (Phi) is 5.41. The van der Waals surface area contributed by atoms with Gasteiger partial charge in [0.15, 0.2) is 22.5 Å². The van der Waals surface area contributed by atoms with Gasteiger partial charge in [-0.2, -0.15) is 0 Å². The zero-order chi connectivity index (χ0) is 18.8. The highest BCUT2D eigenvalue weighted by molar-refractivity contribution is 9.10. The highest BCUT2D eigenvalue weighted by Gasteiger charge is 2.18. The molecule has 4 rings (SSSR count). The number of nitrogens with zero attached hydrogens (tertiary/aromatic N) is 3. The molecule has 5 nitrogen and oxygen atoms in total. The average Bonchev–Trinajstić information content (AvgIpc) is 3.09. The van der Waals surface area contributed by atoms with E-state index in [1.54, 1.807) is 11.8 Å². The minimum atomic E-state index is 0.588. The van der Waals surface area contributed by atoms with Gasteiger partial charge in [0.05, 0.1) is 0 Å². The monoisotopic (exact) mass is 445 g/mol. The Morgan fingerprint density at radius 3 is 2.59 bits per heavy atom. The summed E-state index contributed by atoms with van der Waals surface area (Å²) in [6.07, 6.45) is 0. The molecule has 0 spiro atoms. The van der Waals surface area contributed by atoms with Crippen LogP contribution in [0.25, 0.3) is 11.4 Å². The summed E-state index contributed by atoms with van der Waals surface area (Å²) in [5.41, 5.74) is 3.47. The fourth-order valence-electron chi connectivity index (χ4n) is 3.06. The number of aromatic nitrogens is 3. The number of ether oxygens (including phenoxy) is 2. The standard InChI is InChI=1S/C20H20BrN3O2S/c1-3-24-19(15-7-5-4-6-13(15)2)22-23-20(24)27-12-14-10-17-18(11-16(14)21)26-9-8-25-17/h4-7,10-11H,3,8-9,12H2,1-2H3. The van der Waals surface area contributed by atoms with Crippen LogP contribution in [0, 0.1) is 6.92 Å². The summed E-state index contributed by atoms with van der Waals surface area (Å²) in [6, 6.07) is 12.3. The normalized spacial score (nSPS) is 13.0. The summed E-state index contributed by atoms with van der Waals surface area (Å²) >= 11 is 5.32. The molecule has 1 aliphatic heterocycles. The van der Waals surface area contributed by atoms with Crippen LogP contribution in [0.1, 0.15) is 18.1 Å². The van der Waals surface area contributed by atoms with Crippen LogP contribution in [0.5, 0.6) is 11.5 Å². The average molecular weight is 446 g/mol. The molecular formula is C20H20BrN3O2S. The van der Waals surface area contributed by atoms with Crippen LogP contribution in [0.2, 0.25) is 0 Å². The highest BCUT2D eigenvalue weighted by atomic mass is 79.9. The third-order valence-electron chi connectivity index (χ3n) is 4.49. The molecule has 2 heterocycles. The summed E-state index contributed by atoms with van der Waals surface area (Å²) in [4.78, 5) is 0. The number of rotatable bonds is 5. The van der Waals surface area contributed by atoms with Crippen molar-refractivity contribution in [2.75, 3.05) is 13.2 Å². The largest absolute Gasteiger partial charge is 0.486 e. The Balaban J connectivity index is 1.58. The van der Waals surface area contributed by atoms with Crippen LogP contribution >= 0.6 is 27.7 Å². The maximum Gasteiger partial charge on any atom is 0.191 e. The van der Waals surface area contributed by atoms with Gasteiger partial charge in [0.1, 0.15) is 13.2 Å². The molecular weight excluding hydrogens is 426 g/mol. The predicted octanol–water partition coefficient (Wildman–Crippen LogP) is 5.10. The van der Waals surface area contributed by atoms with E-state index >= 15 is 0 Å². The Morgan fingerprint density at radius 2 is 1.85 bits per heavy atom.